The number of pyridine rings is 1. The van der Waals surface area contributed by atoms with Crippen molar-refractivity contribution in [2.75, 3.05) is 5.32 Å². The normalized spacial score (nSPS) is 9.18. The fourth-order valence-corrected chi connectivity index (χ4v) is 0.883. The van der Waals surface area contributed by atoms with Gasteiger partial charge in [-0.3, -0.25) is 4.98 Å². The smallest absolute Gasteiger partial charge is 0.168 e. The number of thiocarbonyl (C=S) groups is 1. The second kappa shape index (κ2) is 3.30. The summed E-state index contributed by atoms with van der Waals surface area (Å²) in [6.07, 6.45) is 1.70. The molecule has 0 unspecified atom stereocenters. The Balaban J connectivity index is 2.79. The summed E-state index contributed by atoms with van der Waals surface area (Å²) in [7, 11) is 0. The van der Waals surface area contributed by atoms with E-state index in [0.29, 0.717) is 0 Å². The van der Waals surface area contributed by atoms with E-state index < -0.39 is 0 Å². The van der Waals surface area contributed by atoms with Crippen LogP contribution in [0.3, 0.4) is 0 Å². The van der Waals surface area contributed by atoms with Crippen LogP contribution in [-0.2, 0) is 0 Å². The molecule has 0 bridgehead atoms. The zero-order valence-electron chi connectivity index (χ0n) is 6.16. The van der Waals surface area contributed by atoms with Gasteiger partial charge in [0, 0.05) is 17.6 Å². The number of nitrogens with one attached hydrogen (secondary N) is 1. The molecule has 1 rings (SSSR count). The van der Waals surface area contributed by atoms with Crippen LogP contribution in [0.5, 0.6) is 0 Å². The minimum Gasteiger partial charge on any atom is -0.376 e. The molecule has 0 aromatic carbocycles. The summed E-state index contributed by atoms with van der Waals surface area (Å²) in [6, 6.07) is 3.69. The highest BCUT2D eigenvalue weighted by Crippen LogP contribution is 2.05. The standard InChI is InChI=1S/C7H9N3S/c1-5-4-6(2-3-9-5)10-7(8)11/h2-4H,1H3,(H3,8,9,10,11). The maximum atomic E-state index is 5.27. The Hall–Kier alpha value is -1.16. The quantitative estimate of drug-likeness (QED) is 0.614. The second-order valence-electron chi connectivity index (χ2n) is 2.18. The van der Waals surface area contributed by atoms with Crippen LogP contribution in [0.25, 0.3) is 0 Å². The third-order valence-electron chi connectivity index (χ3n) is 1.16. The fraction of sp³-hybridized carbons (Fsp3) is 0.143. The summed E-state index contributed by atoms with van der Waals surface area (Å²) in [5.74, 6) is 0. The van der Waals surface area contributed by atoms with E-state index in [1.54, 1.807) is 6.20 Å². The number of hydrogen-bond acceptors (Lipinski definition) is 2. The summed E-state index contributed by atoms with van der Waals surface area (Å²) < 4.78 is 0. The molecular formula is C7H9N3S. The Morgan fingerprint density at radius 2 is 2.45 bits per heavy atom. The molecule has 1 aromatic rings. The van der Waals surface area contributed by atoms with Crippen LogP contribution < -0.4 is 11.1 Å². The summed E-state index contributed by atoms with van der Waals surface area (Å²) in [4.78, 5) is 4.02. The molecule has 0 aliphatic carbocycles. The van der Waals surface area contributed by atoms with E-state index in [9.17, 15) is 0 Å². The molecule has 0 aliphatic rings. The summed E-state index contributed by atoms with van der Waals surface area (Å²) in [5, 5.41) is 3.09. The topological polar surface area (TPSA) is 50.9 Å². The molecule has 0 saturated carbocycles. The maximum absolute atomic E-state index is 5.27. The van der Waals surface area contributed by atoms with Crippen molar-refractivity contribution in [2.24, 2.45) is 5.73 Å². The number of aryl methyl sites for hydroxylation is 1. The predicted octanol–water partition coefficient (Wildman–Crippen LogP) is 1.05. The maximum Gasteiger partial charge on any atom is 0.168 e. The molecule has 0 fully saturated rings. The van der Waals surface area contributed by atoms with Crippen LogP contribution in [-0.4, -0.2) is 10.1 Å². The molecule has 1 aromatic heterocycles. The molecule has 0 radical (unpaired) electrons. The Morgan fingerprint density at radius 3 is 3.00 bits per heavy atom. The molecule has 0 saturated heterocycles. The van der Waals surface area contributed by atoms with Crippen molar-refractivity contribution in [3.05, 3.63) is 24.0 Å². The number of nitrogens with two attached hydrogens (primary N) is 1. The molecule has 11 heavy (non-hydrogen) atoms. The molecular weight excluding hydrogens is 158 g/mol. The molecule has 0 atom stereocenters. The molecule has 0 spiro atoms. The highest BCUT2D eigenvalue weighted by molar-refractivity contribution is 7.80. The Labute approximate surface area is 70.6 Å². The van der Waals surface area contributed by atoms with E-state index in [1.165, 1.54) is 0 Å². The number of anilines is 1. The van der Waals surface area contributed by atoms with Crippen molar-refractivity contribution in [3.63, 3.8) is 0 Å². The second-order valence-corrected chi connectivity index (χ2v) is 2.61. The first-order chi connectivity index (χ1) is 5.18. The van der Waals surface area contributed by atoms with Crippen LogP contribution in [0.4, 0.5) is 5.69 Å². The van der Waals surface area contributed by atoms with E-state index >= 15 is 0 Å². The van der Waals surface area contributed by atoms with Gasteiger partial charge >= 0.3 is 0 Å². The minimum atomic E-state index is 0.274. The number of nitrogens with zero attached hydrogens (tertiary/aromatic N) is 1. The van der Waals surface area contributed by atoms with Gasteiger partial charge in [0.1, 0.15) is 0 Å². The number of hydrogen-bond donors (Lipinski definition) is 2. The third-order valence-corrected chi connectivity index (χ3v) is 1.27. The van der Waals surface area contributed by atoms with Gasteiger partial charge in [-0.25, -0.2) is 0 Å². The van der Waals surface area contributed by atoms with E-state index in [-0.39, 0.29) is 5.11 Å². The van der Waals surface area contributed by atoms with E-state index in [0.717, 1.165) is 11.4 Å². The van der Waals surface area contributed by atoms with Gasteiger partial charge in [0.05, 0.1) is 0 Å². The highest BCUT2D eigenvalue weighted by atomic mass is 32.1. The van der Waals surface area contributed by atoms with Gasteiger partial charge < -0.3 is 11.1 Å². The predicted molar refractivity (Wildman–Crippen MR) is 49.4 cm³/mol. The third kappa shape index (κ3) is 2.51. The van der Waals surface area contributed by atoms with Crippen LogP contribution >= 0.6 is 12.2 Å². The summed E-state index contributed by atoms with van der Waals surface area (Å²) in [5.41, 5.74) is 7.09. The van der Waals surface area contributed by atoms with E-state index in [2.05, 4.69) is 22.5 Å². The van der Waals surface area contributed by atoms with Gasteiger partial charge in [0.2, 0.25) is 0 Å². The average molecular weight is 167 g/mol. The zero-order chi connectivity index (χ0) is 8.27. The molecule has 3 N–H and O–H groups in total. The van der Waals surface area contributed by atoms with Crippen LogP contribution in [0.1, 0.15) is 5.69 Å². The first kappa shape index (κ1) is 7.94. The first-order valence-electron chi connectivity index (χ1n) is 3.17. The van der Waals surface area contributed by atoms with E-state index in [1.807, 2.05) is 19.1 Å². The van der Waals surface area contributed by atoms with Gasteiger partial charge in [-0.05, 0) is 31.3 Å². The lowest BCUT2D eigenvalue weighted by atomic mass is 10.3. The van der Waals surface area contributed by atoms with Gasteiger partial charge in [0.15, 0.2) is 5.11 Å². The average Bonchev–Trinajstić information content (AvgIpc) is 1.85. The van der Waals surface area contributed by atoms with Crippen molar-refractivity contribution in [1.29, 1.82) is 0 Å². The highest BCUT2D eigenvalue weighted by Gasteiger charge is 1.92. The zero-order valence-corrected chi connectivity index (χ0v) is 6.98. The molecule has 1 heterocycles. The Bertz CT molecular complexity index is 272. The number of aromatic nitrogens is 1. The SMILES string of the molecule is Cc1cc(NC(N)=S)ccn1. The largest absolute Gasteiger partial charge is 0.376 e. The van der Waals surface area contributed by atoms with Gasteiger partial charge in [-0.2, -0.15) is 0 Å². The molecule has 3 nitrogen and oxygen atoms in total. The van der Waals surface area contributed by atoms with Crippen molar-refractivity contribution in [3.8, 4) is 0 Å². The molecule has 4 heteroatoms. The number of rotatable bonds is 1. The van der Waals surface area contributed by atoms with E-state index in [4.69, 9.17) is 5.73 Å². The van der Waals surface area contributed by atoms with Crippen molar-refractivity contribution in [2.45, 2.75) is 6.92 Å². The Morgan fingerprint density at radius 1 is 1.73 bits per heavy atom. The lowest BCUT2D eigenvalue weighted by molar-refractivity contribution is 1.20. The summed E-state index contributed by atoms with van der Waals surface area (Å²) in [6.45, 7) is 1.91. The monoisotopic (exact) mass is 167 g/mol. The van der Waals surface area contributed by atoms with Crippen molar-refractivity contribution in [1.82, 2.24) is 4.98 Å². The molecule has 0 amide bonds. The lowest BCUT2D eigenvalue weighted by Gasteiger charge is -2.02. The minimum absolute atomic E-state index is 0.274. The fourth-order valence-electron chi connectivity index (χ4n) is 0.766. The van der Waals surface area contributed by atoms with Crippen LogP contribution in [0.15, 0.2) is 18.3 Å². The van der Waals surface area contributed by atoms with Gasteiger partial charge in [-0.15, -0.1) is 0 Å². The van der Waals surface area contributed by atoms with Gasteiger partial charge in [0.25, 0.3) is 0 Å². The van der Waals surface area contributed by atoms with Crippen LogP contribution in [0.2, 0.25) is 0 Å². The molecule has 0 aliphatic heterocycles. The van der Waals surface area contributed by atoms with Crippen LogP contribution in [0, 0.1) is 6.92 Å². The van der Waals surface area contributed by atoms with Crippen molar-refractivity contribution >= 4 is 23.0 Å². The van der Waals surface area contributed by atoms with Crippen molar-refractivity contribution < 1.29 is 0 Å². The lowest BCUT2D eigenvalue weighted by Crippen LogP contribution is -2.18. The molecule has 58 valence electrons. The Kier molecular flexibility index (Phi) is 2.38. The summed E-state index contributed by atoms with van der Waals surface area (Å²) >= 11 is 4.67. The van der Waals surface area contributed by atoms with Gasteiger partial charge in [-0.1, -0.05) is 0 Å². The first-order valence-corrected chi connectivity index (χ1v) is 3.58.